The van der Waals surface area contributed by atoms with E-state index in [1.807, 2.05) is 13.0 Å². The molecule has 23 heavy (non-hydrogen) atoms. The van der Waals surface area contributed by atoms with Gasteiger partial charge in [-0.05, 0) is 43.3 Å². The van der Waals surface area contributed by atoms with Gasteiger partial charge in [0, 0.05) is 10.9 Å². The van der Waals surface area contributed by atoms with E-state index < -0.39 is 0 Å². The number of aryl methyl sites for hydroxylation is 1. The first-order valence-electron chi connectivity index (χ1n) is 7.21. The standard InChI is InChI=1S/C18H13NO4/c1-11-15(19-18(22-11)17-3-2-6-21-17)9-14-8-13-7-12(10-20)4-5-16(13)23-14/h2-8,10H,9H2,1H3. The van der Waals surface area contributed by atoms with E-state index in [0.29, 0.717) is 23.6 Å². The lowest BCUT2D eigenvalue weighted by atomic mass is 10.1. The molecule has 0 atom stereocenters. The summed E-state index contributed by atoms with van der Waals surface area (Å²) in [5.74, 6) is 2.55. The summed E-state index contributed by atoms with van der Waals surface area (Å²) in [5, 5.41) is 0.900. The number of carbonyl (C=O) groups excluding carboxylic acids is 1. The van der Waals surface area contributed by atoms with Gasteiger partial charge in [0.15, 0.2) is 5.76 Å². The van der Waals surface area contributed by atoms with E-state index >= 15 is 0 Å². The van der Waals surface area contributed by atoms with Crippen LogP contribution in [-0.2, 0) is 6.42 Å². The van der Waals surface area contributed by atoms with E-state index in [1.165, 1.54) is 0 Å². The number of benzene rings is 1. The Morgan fingerprint density at radius 3 is 2.87 bits per heavy atom. The summed E-state index contributed by atoms with van der Waals surface area (Å²) in [6.45, 7) is 1.86. The molecule has 0 spiro atoms. The normalized spacial score (nSPS) is 11.2. The molecule has 3 heterocycles. The summed E-state index contributed by atoms with van der Waals surface area (Å²) in [5.41, 5.74) is 2.17. The van der Waals surface area contributed by atoms with Gasteiger partial charge in [-0.2, -0.15) is 0 Å². The summed E-state index contributed by atoms with van der Waals surface area (Å²) in [6.07, 6.45) is 2.92. The zero-order valence-electron chi connectivity index (χ0n) is 12.4. The summed E-state index contributed by atoms with van der Waals surface area (Å²) >= 11 is 0. The number of fused-ring (bicyclic) bond motifs is 1. The molecule has 0 aliphatic heterocycles. The molecular formula is C18H13NO4. The molecule has 5 heteroatoms. The van der Waals surface area contributed by atoms with Crippen LogP contribution < -0.4 is 0 Å². The van der Waals surface area contributed by atoms with Crippen molar-refractivity contribution in [3.8, 4) is 11.7 Å². The Hall–Kier alpha value is -3.08. The van der Waals surface area contributed by atoms with E-state index in [9.17, 15) is 4.79 Å². The van der Waals surface area contributed by atoms with Gasteiger partial charge in [0.05, 0.1) is 18.4 Å². The molecule has 0 unspecified atom stereocenters. The molecule has 0 bridgehead atoms. The maximum Gasteiger partial charge on any atom is 0.263 e. The second kappa shape index (κ2) is 5.28. The monoisotopic (exact) mass is 307 g/mol. The van der Waals surface area contributed by atoms with Gasteiger partial charge < -0.3 is 13.3 Å². The van der Waals surface area contributed by atoms with Gasteiger partial charge in [-0.1, -0.05) is 0 Å². The van der Waals surface area contributed by atoms with Crippen molar-refractivity contribution in [1.82, 2.24) is 4.98 Å². The van der Waals surface area contributed by atoms with Gasteiger partial charge in [-0.3, -0.25) is 4.79 Å². The number of carbonyl (C=O) groups is 1. The van der Waals surface area contributed by atoms with Crippen LogP contribution in [0, 0.1) is 6.92 Å². The Labute approximate surface area is 131 Å². The zero-order valence-corrected chi connectivity index (χ0v) is 12.4. The summed E-state index contributed by atoms with van der Waals surface area (Å²) in [6, 6.07) is 10.9. The fourth-order valence-corrected chi connectivity index (χ4v) is 2.54. The van der Waals surface area contributed by atoms with Gasteiger partial charge in [0.2, 0.25) is 0 Å². The third-order valence-corrected chi connectivity index (χ3v) is 3.69. The highest BCUT2D eigenvalue weighted by Gasteiger charge is 2.15. The summed E-state index contributed by atoms with van der Waals surface area (Å²) in [4.78, 5) is 15.3. The molecule has 4 aromatic rings. The SMILES string of the molecule is Cc1oc(-c2ccco2)nc1Cc1cc2cc(C=O)ccc2o1. The summed E-state index contributed by atoms with van der Waals surface area (Å²) < 4.78 is 16.8. The molecule has 0 fully saturated rings. The van der Waals surface area contributed by atoms with Crippen LogP contribution in [0.25, 0.3) is 22.6 Å². The predicted molar refractivity (Wildman–Crippen MR) is 83.3 cm³/mol. The highest BCUT2D eigenvalue weighted by molar-refractivity contribution is 5.86. The fourth-order valence-electron chi connectivity index (χ4n) is 2.54. The van der Waals surface area contributed by atoms with Crippen LogP contribution in [0.4, 0.5) is 0 Å². The van der Waals surface area contributed by atoms with Gasteiger partial charge in [0.1, 0.15) is 23.4 Å². The van der Waals surface area contributed by atoms with E-state index in [2.05, 4.69) is 4.98 Å². The van der Waals surface area contributed by atoms with E-state index in [0.717, 1.165) is 34.5 Å². The van der Waals surface area contributed by atoms with Crippen LogP contribution >= 0.6 is 0 Å². The van der Waals surface area contributed by atoms with Crippen LogP contribution in [0.5, 0.6) is 0 Å². The lowest BCUT2D eigenvalue weighted by Gasteiger charge is -1.92. The van der Waals surface area contributed by atoms with Crippen molar-refractivity contribution in [2.24, 2.45) is 0 Å². The highest BCUT2D eigenvalue weighted by atomic mass is 16.4. The molecule has 5 nitrogen and oxygen atoms in total. The largest absolute Gasteiger partial charge is 0.461 e. The number of aromatic nitrogens is 1. The van der Waals surface area contributed by atoms with Crippen molar-refractivity contribution in [2.75, 3.05) is 0 Å². The van der Waals surface area contributed by atoms with E-state index in [1.54, 1.807) is 36.6 Å². The molecule has 1 aromatic carbocycles. The third kappa shape index (κ3) is 2.46. The Morgan fingerprint density at radius 2 is 2.09 bits per heavy atom. The van der Waals surface area contributed by atoms with Crippen molar-refractivity contribution in [3.05, 3.63) is 65.4 Å². The molecule has 0 aliphatic carbocycles. The van der Waals surface area contributed by atoms with Gasteiger partial charge >= 0.3 is 0 Å². The number of furan rings is 2. The minimum Gasteiger partial charge on any atom is -0.461 e. The first-order chi connectivity index (χ1) is 11.2. The second-order valence-electron chi connectivity index (χ2n) is 5.30. The Morgan fingerprint density at radius 1 is 1.17 bits per heavy atom. The Balaban J connectivity index is 1.66. The molecule has 0 amide bonds. The third-order valence-electron chi connectivity index (χ3n) is 3.69. The maximum atomic E-state index is 10.8. The van der Waals surface area contributed by atoms with Crippen molar-refractivity contribution in [2.45, 2.75) is 13.3 Å². The number of aldehydes is 1. The Bertz CT molecular complexity index is 976. The molecule has 0 saturated carbocycles. The van der Waals surface area contributed by atoms with Crippen LogP contribution in [0.3, 0.4) is 0 Å². The topological polar surface area (TPSA) is 69.4 Å². The van der Waals surface area contributed by atoms with Gasteiger partial charge in [0.25, 0.3) is 5.89 Å². The molecular weight excluding hydrogens is 294 g/mol. The minimum absolute atomic E-state index is 0.460. The van der Waals surface area contributed by atoms with Crippen LogP contribution in [0.1, 0.15) is 27.6 Å². The van der Waals surface area contributed by atoms with Crippen molar-refractivity contribution in [1.29, 1.82) is 0 Å². The summed E-state index contributed by atoms with van der Waals surface area (Å²) in [7, 11) is 0. The van der Waals surface area contributed by atoms with Crippen molar-refractivity contribution >= 4 is 17.3 Å². The predicted octanol–water partition coefficient (Wildman–Crippen LogP) is 4.39. The van der Waals surface area contributed by atoms with E-state index in [4.69, 9.17) is 13.3 Å². The zero-order chi connectivity index (χ0) is 15.8. The lowest BCUT2D eigenvalue weighted by molar-refractivity contribution is 0.112. The van der Waals surface area contributed by atoms with Crippen LogP contribution in [0.15, 0.2) is 55.9 Å². The smallest absolute Gasteiger partial charge is 0.263 e. The molecule has 0 aliphatic rings. The molecule has 114 valence electrons. The lowest BCUT2D eigenvalue weighted by Crippen LogP contribution is -1.88. The second-order valence-corrected chi connectivity index (χ2v) is 5.30. The molecule has 3 aromatic heterocycles. The molecule has 4 rings (SSSR count). The number of hydrogen-bond acceptors (Lipinski definition) is 5. The first-order valence-corrected chi connectivity index (χ1v) is 7.21. The number of oxazole rings is 1. The van der Waals surface area contributed by atoms with Crippen LogP contribution in [-0.4, -0.2) is 11.3 Å². The quantitative estimate of drug-likeness (QED) is 0.523. The fraction of sp³-hybridized carbons (Fsp3) is 0.111. The number of hydrogen-bond donors (Lipinski definition) is 0. The van der Waals surface area contributed by atoms with Crippen LogP contribution in [0.2, 0.25) is 0 Å². The van der Waals surface area contributed by atoms with Gasteiger partial charge in [-0.25, -0.2) is 4.98 Å². The molecule has 0 radical (unpaired) electrons. The van der Waals surface area contributed by atoms with E-state index in [-0.39, 0.29) is 0 Å². The first kappa shape index (κ1) is 13.6. The van der Waals surface area contributed by atoms with Crippen molar-refractivity contribution in [3.63, 3.8) is 0 Å². The van der Waals surface area contributed by atoms with Gasteiger partial charge in [-0.15, -0.1) is 0 Å². The maximum absolute atomic E-state index is 10.8. The number of rotatable bonds is 4. The Kier molecular flexibility index (Phi) is 3.12. The molecule has 0 N–H and O–H groups in total. The van der Waals surface area contributed by atoms with Crippen molar-refractivity contribution < 1.29 is 18.0 Å². The highest BCUT2D eigenvalue weighted by Crippen LogP contribution is 2.26. The molecule has 0 saturated heterocycles. The average Bonchev–Trinajstić information content (AvgIpc) is 3.27. The number of nitrogens with zero attached hydrogens (tertiary/aromatic N) is 1. The minimum atomic E-state index is 0.460. The average molecular weight is 307 g/mol.